The van der Waals surface area contributed by atoms with Gasteiger partial charge in [-0.25, -0.2) is 0 Å². The highest BCUT2D eigenvalue weighted by Crippen LogP contribution is 2.68. The van der Waals surface area contributed by atoms with E-state index in [2.05, 4.69) is 95.5 Å². The lowest BCUT2D eigenvalue weighted by molar-refractivity contribution is 0.119. The Labute approximate surface area is 177 Å². The molecule has 4 unspecified atom stereocenters. The third-order valence-corrected chi connectivity index (χ3v) is 10.7. The summed E-state index contributed by atoms with van der Waals surface area (Å²) >= 11 is 4.19. The first-order chi connectivity index (χ1) is 14.4. The van der Waals surface area contributed by atoms with Crippen LogP contribution in [0, 0.1) is 23.7 Å². The normalized spacial score (nSPS) is 33.7. The fourth-order valence-electron chi connectivity index (χ4n) is 7.00. The molecule has 6 atom stereocenters. The summed E-state index contributed by atoms with van der Waals surface area (Å²) in [7, 11) is 0. The first kappa shape index (κ1) is 15.6. The molecule has 2 heterocycles. The van der Waals surface area contributed by atoms with Crippen LogP contribution in [0.2, 0.25) is 0 Å². The Morgan fingerprint density at radius 3 is 2.41 bits per heavy atom. The number of hydrogen-bond acceptors (Lipinski definition) is 2. The Morgan fingerprint density at radius 1 is 0.759 bits per heavy atom. The van der Waals surface area contributed by atoms with E-state index in [9.17, 15) is 0 Å². The second kappa shape index (κ2) is 5.30. The van der Waals surface area contributed by atoms with Gasteiger partial charge in [0.25, 0.3) is 0 Å². The molecule has 5 aliphatic rings. The molecule has 1 saturated carbocycles. The van der Waals surface area contributed by atoms with Crippen molar-refractivity contribution >= 4 is 52.9 Å². The van der Waals surface area contributed by atoms with Crippen molar-refractivity contribution in [2.45, 2.75) is 18.3 Å². The molecule has 0 amide bonds. The molecule has 2 heteroatoms. The van der Waals surface area contributed by atoms with Gasteiger partial charge in [0.1, 0.15) is 0 Å². The molecule has 2 aromatic carbocycles. The lowest BCUT2D eigenvalue weighted by atomic mass is 9.50. The van der Waals surface area contributed by atoms with E-state index in [4.69, 9.17) is 0 Å². The van der Waals surface area contributed by atoms with Gasteiger partial charge in [-0.3, -0.25) is 0 Å². The van der Waals surface area contributed by atoms with Crippen LogP contribution in [-0.4, -0.2) is 0 Å². The highest BCUT2D eigenvalue weighted by atomic mass is 32.1. The minimum atomic E-state index is 0.685. The van der Waals surface area contributed by atoms with Gasteiger partial charge < -0.3 is 0 Å². The van der Waals surface area contributed by atoms with E-state index in [1.165, 1.54) is 27.3 Å². The van der Waals surface area contributed by atoms with Gasteiger partial charge in [0, 0.05) is 20.9 Å². The maximum Gasteiger partial charge on any atom is 0.0535 e. The van der Waals surface area contributed by atoms with Crippen LogP contribution in [0.3, 0.4) is 0 Å². The van der Waals surface area contributed by atoms with Gasteiger partial charge in [0.05, 0.1) is 9.40 Å². The molecule has 0 spiro atoms. The highest BCUT2D eigenvalue weighted by Gasteiger charge is 2.56. The zero-order valence-corrected chi connectivity index (χ0v) is 17.5. The van der Waals surface area contributed by atoms with Gasteiger partial charge in [-0.1, -0.05) is 60.7 Å². The van der Waals surface area contributed by atoms with Crippen molar-refractivity contribution in [3.05, 3.63) is 83.3 Å². The average Bonchev–Trinajstić information content (AvgIpc) is 3.46. The van der Waals surface area contributed by atoms with E-state index in [1.54, 1.807) is 19.8 Å². The number of benzene rings is 2. The summed E-state index contributed by atoms with van der Waals surface area (Å²) in [6, 6.07) is 13.7. The van der Waals surface area contributed by atoms with Crippen molar-refractivity contribution in [2.75, 3.05) is 0 Å². The number of fused-ring (bicyclic) bond motifs is 4. The first-order valence-electron chi connectivity index (χ1n) is 10.8. The fraction of sp³-hybridized carbons (Fsp3) is 0.259. The third-order valence-electron chi connectivity index (χ3n) is 8.06. The highest BCUT2D eigenvalue weighted by molar-refractivity contribution is 7.33. The predicted octanol–water partition coefficient (Wildman–Crippen LogP) is 8.01. The molecule has 140 valence electrons. The number of rotatable bonds is 0. The van der Waals surface area contributed by atoms with Gasteiger partial charge in [-0.15, -0.1) is 22.7 Å². The van der Waals surface area contributed by atoms with Crippen LogP contribution in [0.25, 0.3) is 30.3 Å². The monoisotopic (exact) mass is 408 g/mol. The second-order valence-corrected chi connectivity index (χ2v) is 11.3. The van der Waals surface area contributed by atoms with Gasteiger partial charge in [-0.2, -0.15) is 0 Å². The standard InChI is InChI=1S/C27H20S2/c1-2-7-15-13-21-20(12-14(15)6-1)25-27(28-21)24-22-16-8-3-4-9-18(16)23(26(24)29-25)19-11-5-10-17(19)22/h1-9,11-13,16-19,22-23H,10H2/t16?,17?,18?,19?,22-,23-/m1/s1. The molecule has 0 saturated heterocycles. The smallest absolute Gasteiger partial charge is 0.0535 e. The van der Waals surface area contributed by atoms with Crippen molar-refractivity contribution in [1.82, 2.24) is 0 Å². The summed E-state index contributed by atoms with van der Waals surface area (Å²) in [5, 5.41) is 4.22. The van der Waals surface area contributed by atoms with Crippen LogP contribution in [0.5, 0.6) is 0 Å². The summed E-state index contributed by atoms with van der Waals surface area (Å²) in [6.07, 6.45) is 16.0. The van der Waals surface area contributed by atoms with Gasteiger partial charge in [0.2, 0.25) is 0 Å². The zero-order chi connectivity index (χ0) is 18.7. The van der Waals surface area contributed by atoms with Crippen LogP contribution in [0.15, 0.2) is 72.9 Å². The van der Waals surface area contributed by atoms with Crippen molar-refractivity contribution in [1.29, 1.82) is 0 Å². The van der Waals surface area contributed by atoms with Gasteiger partial charge in [0.15, 0.2) is 0 Å². The minimum Gasteiger partial charge on any atom is -0.138 e. The molecule has 1 fully saturated rings. The summed E-state index contributed by atoms with van der Waals surface area (Å²) < 4.78 is 4.63. The summed E-state index contributed by atoms with van der Waals surface area (Å²) in [4.78, 5) is 1.72. The molecule has 5 aliphatic carbocycles. The van der Waals surface area contributed by atoms with Crippen LogP contribution < -0.4 is 0 Å². The van der Waals surface area contributed by atoms with Crippen LogP contribution >= 0.6 is 22.7 Å². The molecular weight excluding hydrogens is 388 g/mol. The summed E-state index contributed by atoms with van der Waals surface area (Å²) in [5.74, 6) is 4.33. The SMILES string of the molecule is C1=CC2C(C=C1)[C@H]1c3c(sc4c3sc3cc5ccccc5cc34)[C@H]2C2C=CCC21. The van der Waals surface area contributed by atoms with Crippen molar-refractivity contribution in [3.63, 3.8) is 0 Å². The Hall–Kier alpha value is -2.16. The molecule has 0 nitrogen and oxygen atoms in total. The van der Waals surface area contributed by atoms with Gasteiger partial charge >= 0.3 is 0 Å². The average molecular weight is 409 g/mol. The molecule has 29 heavy (non-hydrogen) atoms. The Morgan fingerprint density at radius 2 is 1.55 bits per heavy atom. The van der Waals surface area contributed by atoms with E-state index in [0.29, 0.717) is 23.7 Å². The summed E-state index contributed by atoms with van der Waals surface area (Å²) in [5.41, 5.74) is 1.74. The molecule has 0 radical (unpaired) electrons. The van der Waals surface area contributed by atoms with Crippen molar-refractivity contribution in [3.8, 4) is 0 Å². The third kappa shape index (κ3) is 1.82. The van der Waals surface area contributed by atoms with Crippen LogP contribution in [-0.2, 0) is 0 Å². The van der Waals surface area contributed by atoms with Crippen molar-refractivity contribution in [2.24, 2.45) is 23.7 Å². The van der Waals surface area contributed by atoms with Crippen molar-refractivity contribution < 1.29 is 0 Å². The minimum absolute atomic E-state index is 0.685. The van der Waals surface area contributed by atoms with Gasteiger partial charge in [-0.05, 0) is 64.5 Å². The quantitative estimate of drug-likeness (QED) is 0.258. The van der Waals surface area contributed by atoms with Crippen LogP contribution in [0.1, 0.15) is 28.7 Å². The Kier molecular flexibility index (Phi) is 2.86. The lowest BCUT2D eigenvalue weighted by Gasteiger charge is -2.54. The van der Waals surface area contributed by atoms with E-state index in [1.807, 2.05) is 0 Å². The van der Waals surface area contributed by atoms with Crippen LogP contribution in [0.4, 0.5) is 0 Å². The number of allylic oxidation sites excluding steroid dienone is 6. The number of thiophene rings is 2. The second-order valence-electron chi connectivity index (χ2n) is 9.22. The molecule has 0 N–H and O–H groups in total. The lowest BCUT2D eigenvalue weighted by Crippen LogP contribution is -2.45. The molecule has 2 bridgehead atoms. The largest absolute Gasteiger partial charge is 0.138 e. The molecule has 4 aromatic rings. The molecule has 0 aliphatic heterocycles. The van der Waals surface area contributed by atoms with E-state index >= 15 is 0 Å². The molecular formula is C27H20S2. The Bertz CT molecular complexity index is 1430. The fourth-order valence-corrected chi connectivity index (χ4v) is 10.1. The van der Waals surface area contributed by atoms with E-state index in [0.717, 1.165) is 11.8 Å². The zero-order valence-electron chi connectivity index (χ0n) is 15.9. The maximum absolute atomic E-state index is 2.56. The predicted molar refractivity (Wildman–Crippen MR) is 126 cm³/mol. The van der Waals surface area contributed by atoms with E-state index in [-0.39, 0.29) is 0 Å². The number of hydrogen-bond donors (Lipinski definition) is 0. The Balaban J connectivity index is 1.46. The summed E-state index contributed by atoms with van der Waals surface area (Å²) in [6.45, 7) is 0. The first-order valence-corrected chi connectivity index (χ1v) is 12.4. The topological polar surface area (TPSA) is 0 Å². The molecule has 2 aromatic heterocycles. The maximum atomic E-state index is 2.56. The molecule has 9 rings (SSSR count). The van der Waals surface area contributed by atoms with E-state index < -0.39 is 0 Å².